The second-order valence-electron chi connectivity index (χ2n) is 10.6. The van der Waals surface area contributed by atoms with E-state index in [4.69, 9.17) is 15.2 Å². The number of unbranched alkanes of at least 4 members (excludes halogenated alkanes) is 1. The lowest BCUT2D eigenvalue weighted by Gasteiger charge is -2.40. The lowest BCUT2D eigenvalue weighted by Crippen LogP contribution is -2.60. The van der Waals surface area contributed by atoms with Gasteiger partial charge in [-0.2, -0.15) is 0 Å². The normalized spacial score (nSPS) is 17.7. The number of benzene rings is 1. The fraction of sp³-hybridized carbons (Fsp3) is 0.311. The number of hydrogen-bond donors (Lipinski definition) is 6. The van der Waals surface area contributed by atoms with Crippen molar-refractivity contribution in [2.75, 3.05) is 13.2 Å². The average molecular weight is 763 g/mol. The van der Waals surface area contributed by atoms with E-state index in [1.807, 2.05) is 30.3 Å². The van der Waals surface area contributed by atoms with Crippen molar-refractivity contribution in [1.29, 1.82) is 0 Å². The van der Waals surface area contributed by atoms with Crippen molar-refractivity contribution in [2.24, 2.45) is 5.73 Å². The number of ether oxygens (including phenoxy) is 2. The first kappa shape index (κ1) is 43.3. The molecule has 7 N–H and O–H groups in total. The first-order chi connectivity index (χ1) is 26.4. The molecule has 1 aliphatic heterocycles. The standard InChI is InChI=1S/C45H34N2O7.24H2/c1-2-3-4-5-6-7-8-9-10-11-12-13-14-15-16-17-18-19-20-21-22-23-27-34-41(49)47-39(38(46)33-29-28-32-37-30-25-24-26-31-37)36-53-45-44(52)43(51)42(50)40(35-48)54-45;;;;;;;;;;;;;;;;;;;;;;;;/h24-26,30-31,38-40,42-45,48,50-52H,28-29,32-33,35-36,46H2,1H3,(H,47,49);24*1H/t38-,39+,40?,42+,43+,44?,45+;;;;;;;;;;;;;;;;;;;;;;;;/m1......................../s1. The number of nitrogens with one attached hydrogen (secondary N) is 1. The zero-order chi connectivity index (χ0) is 39.1. The van der Waals surface area contributed by atoms with Crippen LogP contribution in [-0.4, -0.2) is 82.3 Å². The molecule has 0 aliphatic carbocycles. The molecule has 2 unspecified atom stereocenters. The van der Waals surface area contributed by atoms with Gasteiger partial charge >= 0.3 is 0 Å². The van der Waals surface area contributed by atoms with E-state index in [1.165, 1.54) is 5.56 Å². The molecule has 0 aromatic heterocycles. The van der Waals surface area contributed by atoms with Gasteiger partial charge in [0.1, 0.15) is 24.4 Å². The predicted molar refractivity (Wildman–Crippen MR) is 253 cm³/mol. The van der Waals surface area contributed by atoms with Crippen LogP contribution in [0, 0.1) is 142 Å². The average Bonchev–Trinajstić information content (AvgIpc) is 3.18. The van der Waals surface area contributed by atoms with Crippen molar-refractivity contribution in [1.82, 2.24) is 5.32 Å². The third kappa shape index (κ3) is 18.9. The Bertz CT molecular complexity index is 2300. The lowest BCUT2D eigenvalue weighted by atomic mass is 9.99. The molecular formula is C45H82N2O7. The van der Waals surface area contributed by atoms with Crippen LogP contribution in [-0.2, 0) is 20.7 Å². The van der Waals surface area contributed by atoms with Gasteiger partial charge in [0, 0.05) is 81.7 Å². The van der Waals surface area contributed by atoms with Gasteiger partial charge in [-0.05, 0) is 126 Å². The van der Waals surface area contributed by atoms with Crippen LogP contribution >= 0.6 is 0 Å². The van der Waals surface area contributed by atoms with Crippen LogP contribution < -0.4 is 11.1 Å². The van der Waals surface area contributed by atoms with E-state index < -0.39 is 55.3 Å². The minimum Gasteiger partial charge on any atom is -0.394 e. The SMILES string of the molecule is CC#CC#CC#CC#CC#CC#CC#CC#CC#CC#CC#CC#CC(=O)N[C@@H](CO[C@H]1OC(CO)[C@H](O)[C@H](O)C1O)[C@H](N)CCCCc1ccccc1.[HH].[HH].[HH].[HH].[HH].[HH].[HH].[HH].[HH].[HH].[HH].[HH].[HH].[HH].[HH].[HH].[HH].[HH].[HH].[HH].[HH].[HH].[HH].[HH]. The second kappa shape index (κ2) is 27.8. The van der Waals surface area contributed by atoms with E-state index in [2.05, 4.69) is 147 Å². The van der Waals surface area contributed by atoms with Crippen LogP contribution in [0.2, 0.25) is 0 Å². The Labute approximate surface area is 353 Å². The van der Waals surface area contributed by atoms with Gasteiger partial charge in [0.05, 0.1) is 19.3 Å². The number of amides is 1. The summed E-state index contributed by atoms with van der Waals surface area (Å²) in [6.07, 6.45) is -4.29. The Hall–Kier alpha value is -6.87. The molecule has 1 heterocycles. The Balaban J connectivity index is -0.0000000600. The van der Waals surface area contributed by atoms with Crippen molar-refractivity contribution in [3.63, 3.8) is 0 Å². The van der Waals surface area contributed by atoms with Gasteiger partial charge in [-0.25, -0.2) is 0 Å². The molecular weight excluding hydrogens is 681 g/mol. The molecule has 314 valence electrons. The maximum Gasteiger partial charge on any atom is 0.297 e. The number of hydrogen-bond acceptors (Lipinski definition) is 8. The van der Waals surface area contributed by atoms with Crippen LogP contribution in [0.5, 0.6) is 0 Å². The molecule has 1 aromatic carbocycles. The number of nitrogens with two attached hydrogens (primary N) is 1. The van der Waals surface area contributed by atoms with E-state index in [0.717, 1.165) is 19.3 Å². The number of aliphatic hydroxyl groups excluding tert-OH is 4. The molecule has 1 amide bonds. The van der Waals surface area contributed by atoms with Crippen LogP contribution in [0.4, 0.5) is 0 Å². The smallest absolute Gasteiger partial charge is 0.297 e. The Kier molecular flexibility index (Phi) is 22.3. The highest BCUT2D eigenvalue weighted by atomic mass is 16.7. The topological polar surface area (TPSA) is 155 Å². The van der Waals surface area contributed by atoms with Crippen LogP contribution in [0.1, 0.15) is 66.0 Å². The largest absolute Gasteiger partial charge is 0.394 e. The predicted octanol–water partition coefficient (Wildman–Crippen LogP) is 4.99. The Morgan fingerprint density at radius 1 is 0.741 bits per heavy atom. The van der Waals surface area contributed by atoms with Gasteiger partial charge in [-0.3, -0.25) is 4.79 Å². The first-order valence-electron chi connectivity index (χ1n) is 16.3. The summed E-state index contributed by atoms with van der Waals surface area (Å²) in [7, 11) is 0. The highest BCUT2D eigenvalue weighted by molar-refractivity contribution is 5.94. The molecule has 1 aliphatic rings. The Morgan fingerprint density at radius 3 is 1.70 bits per heavy atom. The zero-order valence-corrected chi connectivity index (χ0v) is 29.3. The van der Waals surface area contributed by atoms with Crippen molar-refractivity contribution < 1.29 is 68.9 Å². The summed E-state index contributed by atoms with van der Waals surface area (Å²) in [5.74, 6) is 59.0. The number of aryl methyl sites for hydroxylation is 1. The zero-order valence-electron chi connectivity index (χ0n) is 29.3. The van der Waals surface area contributed by atoms with Crippen LogP contribution in [0.3, 0.4) is 0 Å². The third-order valence-electron chi connectivity index (χ3n) is 6.83. The van der Waals surface area contributed by atoms with E-state index in [1.54, 1.807) is 6.92 Å². The molecule has 0 radical (unpaired) electrons. The lowest BCUT2D eigenvalue weighted by molar-refractivity contribution is -0.302. The molecule has 1 aromatic rings. The van der Waals surface area contributed by atoms with Gasteiger partial charge in [-0.1, -0.05) is 42.7 Å². The third-order valence-corrected chi connectivity index (χ3v) is 6.83. The van der Waals surface area contributed by atoms with Crippen LogP contribution in [0.15, 0.2) is 30.3 Å². The highest BCUT2D eigenvalue weighted by Crippen LogP contribution is 2.22. The summed E-state index contributed by atoms with van der Waals surface area (Å²) >= 11 is 0. The van der Waals surface area contributed by atoms with Gasteiger partial charge in [0.15, 0.2) is 6.29 Å². The monoisotopic (exact) mass is 763 g/mol. The van der Waals surface area contributed by atoms with E-state index in [0.29, 0.717) is 6.42 Å². The number of rotatable bonds is 11. The molecule has 9 heteroatoms. The summed E-state index contributed by atoms with van der Waals surface area (Å²) in [6, 6.07) is 8.65. The molecule has 2 rings (SSSR count). The number of carbonyl (C=O) groups excluding carboxylic acids is 1. The van der Waals surface area contributed by atoms with Gasteiger partial charge in [0.25, 0.3) is 5.91 Å². The highest BCUT2D eigenvalue weighted by Gasteiger charge is 2.44. The summed E-state index contributed by atoms with van der Waals surface area (Å²) in [6.45, 7) is 0.847. The molecule has 9 nitrogen and oxygen atoms in total. The molecule has 0 bridgehead atoms. The fourth-order valence-electron chi connectivity index (χ4n) is 4.21. The summed E-state index contributed by atoms with van der Waals surface area (Å²) in [5, 5.41) is 42.6. The van der Waals surface area contributed by atoms with E-state index >= 15 is 0 Å². The van der Waals surface area contributed by atoms with Gasteiger partial charge in [-0.15, -0.1) is 0 Å². The second-order valence-corrected chi connectivity index (χ2v) is 10.6. The number of aliphatic hydroxyl groups is 4. The Morgan fingerprint density at radius 2 is 1.22 bits per heavy atom. The molecule has 54 heavy (non-hydrogen) atoms. The minimum atomic E-state index is -1.62. The molecule has 0 spiro atoms. The van der Waals surface area contributed by atoms with Crippen molar-refractivity contribution >= 4 is 5.91 Å². The summed E-state index contributed by atoms with van der Waals surface area (Å²) in [4.78, 5) is 12.6. The molecule has 0 saturated carbocycles. The first-order valence-corrected chi connectivity index (χ1v) is 16.3. The van der Waals surface area contributed by atoms with E-state index in [-0.39, 0.29) is 40.8 Å². The van der Waals surface area contributed by atoms with Crippen LogP contribution in [0.25, 0.3) is 0 Å². The molecule has 1 saturated heterocycles. The van der Waals surface area contributed by atoms with Crippen molar-refractivity contribution in [3.8, 4) is 142 Å². The fourth-order valence-corrected chi connectivity index (χ4v) is 4.21. The van der Waals surface area contributed by atoms with Gasteiger partial charge in [0.2, 0.25) is 0 Å². The molecule has 1 fully saturated rings. The van der Waals surface area contributed by atoms with Gasteiger partial charge < -0.3 is 41.0 Å². The minimum absolute atomic E-state index is 0. The number of carbonyl (C=O) groups is 1. The molecule has 7 atom stereocenters. The van der Waals surface area contributed by atoms with Crippen molar-refractivity contribution in [3.05, 3.63) is 35.9 Å². The summed E-state index contributed by atoms with van der Waals surface area (Å²) in [5.41, 5.74) is 7.64. The van der Waals surface area contributed by atoms with E-state index in [9.17, 15) is 25.2 Å². The maximum absolute atomic E-state index is 12.6. The summed E-state index contributed by atoms with van der Waals surface area (Å²) < 4.78 is 11.1. The quantitative estimate of drug-likeness (QED) is 0.136. The van der Waals surface area contributed by atoms with Crippen molar-refractivity contribution in [2.45, 2.75) is 75.4 Å². The maximum atomic E-state index is 12.6.